The van der Waals surface area contributed by atoms with Gasteiger partial charge in [0.05, 0.1) is 16.1 Å². The minimum atomic E-state index is -4.11. The highest BCUT2D eigenvalue weighted by Crippen LogP contribution is 2.34. The van der Waals surface area contributed by atoms with Crippen LogP contribution in [0, 0.1) is 13.8 Å². The molecule has 6 heteroatoms. The summed E-state index contributed by atoms with van der Waals surface area (Å²) in [5.74, 6) is -1.84. The number of fused-ring (bicyclic) bond motifs is 1. The minimum absolute atomic E-state index is 0.0120. The first-order chi connectivity index (χ1) is 10.3. The largest absolute Gasteiger partial charge is 0.313 e. The van der Waals surface area contributed by atoms with Gasteiger partial charge in [-0.25, -0.2) is 8.42 Å². The summed E-state index contributed by atoms with van der Waals surface area (Å²) in [5, 5.41) is 0. The fourth-order valence-corrected chi connectivity index (χ4v) is 3.96. The number of hydrogen-bond donors (Lipinski definition) is 0. The number of carbonyl (C=O) groups is 2. The zero-order valence-corrected chi connectivity index (χ0v) is 12.8. The Balaban J connectivity index is 2.21. The Labute approximate surface area is 128 Å². The number of aryl methyl sites for hydroxylation is 2. The van der Waals surface area contributed by atoms with Gasteiger partial charge in [-0.2, -0.15) is 4.31 Å². The standard InChI is InChI=1S/C16H13NO4S/c1-10-4-3-5-12(8-10)22(20,21)17-14-7-6-11(2)9-13(14)15(18)16(17)19/h3-9H,1-2H3. The van der Waals surface area contributed by atoms with Gasteiger partial charge in [0.15, 0.2) is 0 Å². The average Bonchev–Trinajstić information content (AvgIpc) is 2.71. The van der Waals surface area contributed by atoms with E-state index in [9.17, 15) is 18.0 Å². The van der Waals surface area contributed by atoms with Crippen molar-refractivity contribution in [1.29, 1.82) is 0 Å². The first-order valence-electron chi connectivity index (χ1n) is 6.63. The third-order valence-corrected chi connectivity index (χ3v) is 5.21. The van der Waals surface area contributed by atoms with Crippen LogP contribution in [0.1, 0.15) is 21.5 Å². The van der Waals surface area contributed by atoms with Gasteiger partial charge in [-0.15, -0.1) is 0 Å². The van der Waals surface area contributed by atoms with E-state index in [1.807, 2.05) is 0 Å². The summed E-state index contributed by atoms with van der Waals surface area (Å²) in [5.41, 5.74) is 1.78. The predicted octanol–water partition coefficient (Wildman–Crippen LogP) is 2.22. The van der Waals surface area contributed by atoms with E-state index in [4.69, 9.17) is 0 Å². The number of rotatable bonds is 2. The van der Waals surface area contributed by atoms with E-state index in [0.717, 1.165) is 11.1 Å². The van der Waals surface area contributed by atoms with Crippen molar-refractivity contribution < 1.29 is 18.0 Å². The molecule has 2 aromatic carbocycles. The molecule has 112 valence electrons. The second-order valence-corrected chi connectivity index (χ2v) is 7.03. The summed E-state index contributed by atoms with van der Waals surface area (Å²) in [6.45, 7) is 3.53. The lowest BCUT2D eigenvalue weighted by Gasteiger charge is -2.17. The van der Waals surface area contributed by atoms with Gasteiger partial charge in [-0.05, 0) is 43.7 Å². The third-order valence-electron chi connectivity index (χ3n) is 3.52. The molecule has 0 radical (unpaired) electrons. The smallest absolute Gasteiger partial charge is 0.283 e. The van der Waals surface area contributed by atoms with E-state index in [-0.39, 0.29) is 16.1 Å². The molecule has 0 saturated carbocycles. The van der Waals surface area contributed by atoms with E-state index in [0.29, 0.717) is 4.31 Å². The number of ketones is 1. The number of benzene rings is 2. The molecule has 1 heterocycles. The molecular formula is C16H13NO4S. The molecule has 0 spiro atoms. The number of anilines is 1. The quantitative estimate of drug-likeness (QED) is 0.797. The molecule has 0 aliphatic carbocycles. The number of nitrogens with zero attached hydrogens (tertiary/aromatic N) is 1. The first kappa shape index (κ1) is 14.5. The first-order valence-corrected chi connectivity index (χ1v) is 8.07. The molecule has 0 aromatic heterocycles. The van der Waals surface area contributed by atoms with Crippen LogP contribution in [0.4, 0.5) is 5.69 Å². The number of amides is 1. The monoisotopic (exact) mass is 315 g/mol. The van der Waals surface area contributed by atoms with Gasteiger partial charge in [-0.1, -0.05) is 23.8 Å². The van der Waals surface area contributed by atoms with Crippen molar-refractivity contribution in [2.24, 2.45) is 0 Å². The normalized spacial score (nSPS) is 14.4. The maximum Gasteiger partial charge on any atom is 0.313 e. The summed E-state index contributed by atoms with van der Waals surface area (Å²) < 4.78 is 26.1. The number of hydrogen-bond acceptors (Lipinski definition) is 4. The van der Waals surface area contributed by atoms with Gasteiger partial charge >= 0.3 is 5.91 Å². The van der Waals surface area contributed by atoms with Crippen molar-refractivity contribution in [3.05, 3.63) is 59.2 Å². The number of Topliss-reactive ketones (excluding diaryl/α,β-unsaturated/α-hetero) is 1. The molecule has 1 amide bonds. The lowest BCUT2D eigenvalue weighted by Crippen LogP contribution is -2.35. The lowest BCUT2D eigenvalue weighted by molar-refractivity contribution is -0.113. The molecule has 22 heavy (non-hydrogen) atoms. The maximum absolute atomic E-state index is 12.7. The fraction of sp³-hybridized carbons (Fsp3) is 0.125. The van der Waals surface area contributed by atoms with Crippen LogP contribution in [0.5, 0.6) is 0 Å². The van der Waals surface area contributed by atoms with E-state index < -0.39 is 21.7 Å². The summed E-state index contributed by atoms with van der Waals surface area (Å²) in [6.07, 6.45) is 0. The summed E-state index contributed by atoms with van der Waals surface area (Å²) in [7, 11) is -4.11. The fourth-order valence-electron chi connectivity index (χ4n) is 2.45. The Hall–Kier alpha value is -2.47. The molecule has 0 atom stereocenters. The van der Waals surface area contributed by atoms with E-state index in [2.05, 4.69) is 0 Å². The summed E-state index contributed by atoms with van der Waals surface area (Å²) in [4.78, 5) is 24.2. The Kier molecular flexibility index (Phi) is 3.14. The summed E-state index contributed by atoms with van der Waals surface area (Å²) in [6, 6.07) is 10.9. The van der Waals surface area contributed by atoms with Crippen LogP contribution in [0.2, 0.25) is 0 Å². The second-order valence-electron chi connectivity index (χ2n) is 5.24. The minimum Gasteiger partial charge on any atom is -0.283 e. The SMILES string of the molecule is Cc1cccc(S(=O)(=O)N2C(=O)C(=O)c3cc(C)ccc32)c1. The molecule has 1 aliphatic heterocycles. The van der Waals surface area contributed by atoms with Crippen molar-refractivity contribution in [2.45, 2.75) is 18.7 Å². The molecule has 1 aliphatic rings. The van der Waals surface area contributed by atoms with Crippen molar-refractivity contribution in [2.75, 3.05) is 4.31 Å². The van der Waals surface area contributed by atoms with Crippen LogP contribution < -0.4 is 4.31 Å². The Morgan fingerprint density at radius 2 is 1.59 bits per heavy atom. The van der Waals surface area contributed by atoms with Crippen molar-refractivity contribution in [3.8, 4) is 0 Å². The molecule has 0 N–H and O–H groups in total. The van der Waals surface area contributed by atoms with Gasteiger partial charge in [-0.3, -0.25) is 9.59 Å². The second kappa shape index (κ2) is 4.78. The molecule has 0 bridgehead atoms. The molecular weight excluding hydrogens is 302 g/mol. The van der Waals surface area contributed by atoms with Crippen molar-refractivity contribution >= 4 is 27.4 Å². The van der Waals surface area contributed by atoms with Gasteiger partial charge < -0.3 is 0 Å². The van der Waals surface area contributed by atoms with E-state index >= 15 is 0 Å². The molecule has 0 unspecified atom stereocenters. The van der Waals surface area contributed by atoms with Crippen LogP contribution >= 0.6 is 0 Å². The molecule has 5 nitrogen and oxygen atoms in total. The summed E-state index contributed by atoms with van der Waals surface area (Å²) >= 11 is 0. The lowest BCUT2D eigenvalue weighted by atomic mass is 10.1. The van der Waals surface area contributed by atoms with Gasteiger partial charge in [0.1, 0.15) is 0 Å². The topological polar surface area (TPSA) is 71.5 Å². The van der Waals surface area contributed by atoms with Crippen LogP contribution in [-0.4, -0.2) is 20.1 Å². The van der Waals surface area contributed by atoms with E-state index in [1.54, 1.807) is 32.0 Å². The van der Waals surface area contributed by atoms with Crippen LogP contribution in [-0.2, 0) is 14.8 Å². The van der Waals surface area contributed by atoms with Gasteiger partial charge in [0, 0.05) is 0 Å². The molecule has 0 saturated heterocycles. The highest BCUT2D eigenvalue weighted by atomic mass is 32.2. The van der Waals surface area contributed by atoms with Crippen LogP contribution in [0.3, 0.4) is 0 Å². The number of sulfonamides is 1. The zero-order valence-electron chi connectivity index (χ0n) is 12.0. The predicted molar refractivity (Wildman–Crippen MR) is 81.4 cm³/mol. The molecule has 0 fully saturated rings. The van der Waals surface area contributed by atoms with Gasteiger partial charge in [0.25, 0.3) is 15.8 Å². The average molecular weight is 315 g/mol. The van der Waals surface area contributed by atoms with Crippen molar-refractivity contribution in [3.63, 3.8) is 0 Å². The van der Waals surface area contributed by atoms with Crippen LogP contribution in [0.25, 0.3) is 0 Å². The Bertz CT molecular complexity index is 915. The Morgan fingerprint density at radius 3 is 2.27 bits per heavy atom. The molecule has 2 aromatic rings. The number of carbonyl (C=O) groups excluding carboxylic acids is 2. The van der Waals surface area contributed by atoms with Crippen LogP contribution in [0.15, 0.2) is 47.4 Å². The highest BCUT2D eigenvalue weighted by molar-refractivity contribution is 7.93. The Morgan fingerprint density at radius 1 is 0.909 bits per heavy atom. The van der Waals surface area contributed by atoms with Crippen molar-refractivity contribution in [1.82, 2.24) is 0 Å². The van der Waals surface area contributed by atoms with Gasteiger partial charge in [0.2, 0.25) is 0 Å². The highest BCUT2D eigenvalue weighted by Gasteiger charge is 2.43. The van der Waals surface area contributed by atoms with E-state index in [1.165, 1.54) is 24.3 Å². The maximum atomic E-state index is 12.7. The zero-order chi connectivity index (χ0) is 16.1. The molecule has 3 rings (SSSR count). The third kappa shape index (κ3) is 2.03.